The summed E-state index contributed by atoms with van der Waals surface area (Å²) in [6.45, 7) is 2.72. The average molecular weight is 282 g/mol. The number of aryl methyl sites for hydroxylation is 1. The van der Waals surface area contributed by atoms with Crippen molar-refractivity contribution < 1.29 is 4.79 Å². The Morgan fingerprint density at radius 3 is 3.00 bits per heavy atom. The smallest absolute Gasteiger partial charge is 0.265 e. The van der Waals surface area contributed by atoms with Gasteiger partial charge in [-0.1, -0.05) is 30.7 Å². The maximum Gasteiger partial charge on any atom is 0.265 e. The van der Waals surface area contributed by atoms with Crippen LogP contribution in [0.4, 0.5) is 0 Å². The van der Waals surface area contributed by atoms with E-state index in [2.05, 4.69) is 21.8 Å². The molecular weight excluding hydrogens is 260 g/mol. The van der Waals surface area contributed by atoms with E-state index >= 15 is 0 Å². The first-order valence-corrected chi connectivity index (χ1v) is 7.85. The molecule has 0 aromatic carbocycles. The molecule has 0 radical (unpaired) electrons. The molecule has 106 valence electrons. The first-order chi connectivity index (χ1) is 9.26. The van der Waals surface area contributed by atoms with Gasteiger partial charge in [-0.2, -0.15) is 0 Å². The van der Waals surface area contributed by atoms with E-state index in [-0.39, 0.29) is 11.9 Å². The number of carbonyl (C=O) groups is 1. The van der Waals surface area contributed by atoms with E-state index in [0.717, 1.165) is 31.4 Å². The third-order valence-corrected chi connectivity index (χ3v) is 4.54. The molecule has 2 unspecified atom stereocenters. The number of hydrogen-bond acceptors (Lipinski definition) is 5. The van der Waals surface area contributed by atoms with Crippen molar-refractivity contribution in [2.45, 2.75) is 51.5 Å². The number of amides is 1. The van der Waals surface area contributed by atoms with Crippen molar-refractivity contribution in [2.75, 3.05) is 6.54 Å². The molecule has 19 heavy (non-hydrogen) atoms. The minimum atomic E-state index is -0.0243. The monoisotopic (exact) mass is 282 g/mol. The van der Waals surface area contributed by atoms with Crippen LogP contribution in [-0.4, -0.2) is 28.1 Å². The summed E-state index contributed by atoms with van der Waals surface area (Å²) in [5.41, 5.74) is 6.62. The molecule has 0 spiro atoms. The van der Waals surface area contributed by atoms with Gasteiger partial charge in [0.15, 0.2) is 0 Å². The summed E-state index contributed by atoms with van der Waals surface area (Å²) in [5.74, 6) is 0.386. The molecule has 0 saturated heterocycles. The van der Waals surface area contributed by atoms with Crippen molar-refractivity contribution in [3.05, 3.63) is 10.6 Å². The number of nitrogens with two attached hydrogens (primary N) is 1. The predicted molar refractivity (Wildman–Crippen MR) is 76.2 cm³/mol. The van der Waals surface area contributed by atoms with E-state index in [9.17, 15) is 4.79 Å². The quantitative estimate of drug-likeness (QED) is 0.862. The van der Waals surface area contributed by atoms with Crippen molar-refractivity contribution in [3.8, 4) is 0 Å². The van der Waals surface area contributed by atoms with Crippen LogP contribution in [0.2, 0.25) is 0 Å². The Bertz CT molecular complexity index is 421. The summed E-state index contributed by atoms with van der Waals surface area (Å²) in [6.07, 6.45) is 6.32. The minimum Gasteiger partial charge on any atom is -0.348 e. The molecule has 1 aromatic rings. The molecule has 3 N–H and O–H groups in total. The molecule has 0 bridgehead atoms. The lowest BCUT2D eigenvalue weighted by atomic mass is 9.84. The third-order valence-electron chi connectivity index (χ3n) is 3.78. The van der Waals surface area contributed by atoms with Gasteiger partial charge in [0.05, 0.1) is 5.69 Å². The number of aromatic nitrogens is 2. The molecule has 5 nitrogen and oxygen atoms in total. The third kappa shape index (κ3) is 3.51. The molecule has 2 atom stereocenters. The van der Waals surface area contributed by atoms with Gasteiger partial charge in [-0.3, -0.25) is 4.79 Å². The normalized spacial score (nSPS) is 23.3. The fourth-order valence-corrected chi connectivity index (χ4v) is 3.31. The van der Waals surface area contributed by atoms with Gasteiger partial charge in [-0.05, 0) is 43.3 Å². The Balaban J connectivity index is 2.01. The van der Waals surface area contributed by atoms with Crippen molar-refractivity contribution in [2.24, 2.45) is 11.7 Å². The van der Waals surface area contributed by atoms with Crippen LogP contribution in [0.15, 0.2) is 0 Å². The first-order valence-electron chi connectivity index (χ1n) is 7.08. The van der Waals surface area contributed by atoms with Crippen molar-refractivity contribution in [1.29, 1.82) is 0 Å². The first kappa shape index (κ1) is 14.4. The van der Waals surface area contributed by atoms with Gasteiger partial charge in [-0.25, -0.2) is 0 Å². The highest BCUT2D eigenvalue weighted by Crippen LogP contribution is 2.24. The zero-order valence-corrected chi connectivity index (χ0v) is 12.2. The number of nitrogens with zero attached hydrogens (tertiary/aromatic N) is 2. The van der Waals surface area contributed by atoms with E-state index in [1.807, 2.05) is 0 Å². The Morgan fingerprint density at radius 1 is 1.47 bits per heavy atom. The van der Waals surface area contributed by atoms with Crippen LogP contribution in [0.1, 0.15) is 54.4 Å². The fraction of sp³-hybridized carbons (Fsp3) is 0.769. The minimum absolute atomic E-state index is 0.0243. The van der Waals surface area contributed by atoms with Crippen molar-refractivity contribution >= 4 is 17.4 Å². The molecular formula is C13H22N4OS. The van der Waals surface area contributed by atoms with Crippen LogP contribution < -0.4 is 11.1 Å². The molecule has 6 heteroatoms. The maximum atomic E-state index is 12.3. The molecule has 1 aromatic heterocycles. The van der Waals surface area contributed by atoms with Crippen LogP contribution >= 0.6 is 11.5 Å². The Hall–Kier alpha value is -1.01. The number of nitrogens with one attached hydrogen (secondary N) is 1. The lowest BCUT2D eigenvalue weighted by molar-refractivity contribution is 0.0911. The highest BCUT2D eigenvalue weighted by molar-refractivity contribution is 7.08. The molecule has 0 aliphatic heterocycles. The zero-order valence-electron chi connectivity index (χ0n) is 11.4. The van der Waals surface area contributed by atoms with Crippen molar-refractivity contribution in [3.63, 3.8) is 0 Å². The van der Waals surface area contributed by atoms with Crippen LogP contribution in [-0.2, 0) is 6.42 Å². The summed E-state index contributed by atoms with van der Waals surface area (Å²) >= 11 is 1.19. The van der Waals surface area contributed by atoms with Gasteiger partial charge in [0, 0.05) is 6.04 Å². The molecule has 1 heterocycles. The van der Waals surface area contributed by atoms with Crippen LogP contribution in [0.3, 0.4) is 0 Å². The SMILES string of the molecule is CCCc1nnsc1C(=O)NC1CCCCC1CN. The van der Waals surface area contributed by atoms with E-state index < -0.39 is 0 Å². The number of hydrogen-bond donors (Lipinski definition) is 2. The highest BCUT2D eigenvalue weighted by Gasteiger charge is 2.27. The molecule has 1 fully saturated rings. The second-order valence-corrected chi connectivity index (χ2v) is 5.91. The second-order valence-electron chi connectivity index (χ2n) is 5.16. The summed E-state index contributed by atoms with van der Waals surface area (Å²) < 4.78 is 3.90. The molecule has 2 rings (SSSR count). The molecule has 1 saturated carbocycles. The summed E-state index contributed by atoms with van der Waals surface area (Å²) in [7, 11) is 0. The standard InChI is InChI=1S/C13H22N4OS/c1-2-5-11-12(19-17-16-11)13(18)15-10-7-4-3-6-9(10)8-14/h9-10H,2-8,14H2,1H3,(H,15,18). The second kappa shape index (κ2) is 6.96. The Kier molecular flexibility index (Phi) is 5.27. The summed E-state index contributed by atoms with van der Waals surface area (Å²) in [4.78, 5) is 13.0. The van der Waals surface area contributed by atoms with E-state index in [0.29, 0.717) is 17.3 Å². The Morgan fingerprint density at radius 2 is 2.26 bits per heavy atom. The number of carbonyl (C=O) groups excluding carboxylic acids is 1. The lowest BCUT2D eigenvalue weighted by Crippen LogP contribution is -2.44. The van der Waals surface area contributed by atoms with Crippen molar-refractivity contribution in [1.82, 2.24) is 14.9 Å². The van der Waals surface area contributed by atoms with Crippen LogP contribution in [0.5, 0.6) is 0 Å². The van der Waals surface area contributed by atoms with Crippen LogP contribution in [0, 0.1) is 5.92 Å². The van der Waals surface area contributed by atoms with Gasteiger partial charge in [0.25, 0.3) is 5.91 Å². The number of rotatable bonds is 5. The average Bonchev–Trinajstić information content (AvgIpc) is 2.88. The fourth-order valence-electron chi connectivity index (χ4n) is 2.70. The molecule has 1 amide bonds. The molecule has 1 aliphatic carbocycles. The van der Waals surface area contributed by atoms with Gasteiger partial charge >= 0.3 is 0 Å². The maximum absolute atomic E-state index is 12.3. The van der Waals surface area contributed by atoms with Gasteiger partial charge < -0.3 is 11.1 Å². The van der Waals surface area contributed by atoms with E-state index in [4.69, 9.17) is 5.73 Å². The highest BCUT2D eigenvalue weighted by atomic mass is 32.1. The van der Waals surface area contributed by atoms with Gasteiger partial charge in [0.2, 0.25) is 0 Å². The van der Waals surface area contributed by atoms with Gasteiger partial charge in [0.1, 0.15) is 4.88 Å². The van der Waals surface area contributed by atoms with Gasteiger partial charge in [-0.15, -0.1) is 5.10 Å². The predicted octanol–water partition coefficient (Wildman–Crippen LogP) is 1.74. The van der Waals surface area contributed by atoms with E-state index in [1.165, 1.54) is 24.4 Å². The van der Waals surface area contributed by atoms with E-state index in [1.54, 1.807) is 0 Å². The zero-order chi connectivity index (χ0) is 13.7. The Labute approximate surface area is 118 Å². The molecule has 1 aliphatic rings. The summed E-state index contributed by atoms with van der Waals surface area (Å²) in [6, 6.07) is 0.211. The summed E-state index contributed by atoms with van der Waals surface area (Å²) in [5, 5.41) is 7.17. The largest absolute Gasteiger partial charge is 0.348 e. The van der Waals surface area contributed by atoms with Crippen LogP contribution in [0.25, 0.3) is 0 Å². The lowest BCUT2D eigenvalue weighted by Gasteiger charge is -2.31. The topological polar surface area (TPSA) is 80.9 Å².